The highest BCUT2D eigenvalue weighted by atomic mass is 16.6. The minimum absolute atomic E-state index is 0.0528. The van der Waals surface area contributed by atoms with Crippen LogP contribution in [0.2, 0.25) is 0 Å². The molecule has 1 N–H and O–H groups in total. The molecule has 0 radical (unpaired) electrons. The first-order valence-electron chi connectivity index (χ1n) is 7.69. The van der Waals surface area contributed by atoms with Gasteiger partial charge in [0, 0.05) is 12.7 Å². The van der Waals surface area contributed by atoms with Gasteiger partial charge in [-0.25, -0.2) is 9.59 Å². The molecule has 1 atom stereocenters. The summed E-state index contributed by atoms with van der Waals surface area (Å²) in [4.78, 5) is 36.9. The molecular weight excluding hydrogens is 330 g/mol. The maximum absolute atomic E-state index is 12.4. The molecule has 0 bridgehead atoms. The number of carbonyl (C=O) groups is 3. The third-order valence-electron chi connectivity index (χ3n) is 3.33. The Bertz CT molecular complexity index is 600. The van der Waals surface area contributed by atoms with Gasteiger partial charge in [0.15, 0.2) is 0 Å². The van der Waals surface area contributed by atoms with E-state index in [-0.39, 0.29) is 25.4 Å². The molecule has 0 heterocycles. The van der Waals surface area contributed by atoms with Gasteiger partial charge < -0.3 is 24.3 Å². The van der Waals surface area contributed by atoms with E-state index in [0.717, 1.165) is 0 Å². The molecule has 0 saturated heterocycles. The SMILES string of the molecule is CCOC(=O)[C@](C)(NC(=O)c1ccc(OC)cc1)C(=O)OCCOC. The van der Waals surface area contributed by atoms with Crippen LogP contribution in [0.4, 0.5) is 0 Å². The minimum atomic E-state index is -1.97. The average molecular weight is 353 g/mol. The van der Waals surface area contributed by atoms with E-state index in [1.165, 1.54) is 33.3 Å². The van der Waals surface area contributed by atoms with E-state index in [4.69, 9.17) is 18.9 Å². The van der Waals surface area contributed by atoms with Crippen LogP contribution in [0.1, 0.15) is 24.2 Å². The second-order valence-corrected chi connectivity index (χ2v) is 5.16. The van der Waals surface area contributed by atoms with Crippen LogP contribution >= 0.6 is 0 Å². The second kappa shape index (κ2) is 9.63. The van der Waals surface area contributed by atoms with E-state index < -0.39 is 23.4 Å². The molecule has 0 unspecified atom stereocenters. The lowest BCUT2D eigenvalue weighted by molar-refractivity contribution is -0.165. The van der Waals surface area contributed by atoms with E-state index in [9.17, 15) is 14.4 Å². The van der Waals surface area contributed by atoms with Crippen molar-refractivity contribution < 1.29 is 33.3 Å². The van der Waals surface area contributed by atoms with E-state index >= 15 is 0 Å². The average Bonchev–Trinajstić information content (AvgIpc) is 2.61. The fourth-order valence-electron chi connectivity index (χ4n) is 1.86. The number of rotatable bonds is 9. The van der Waals surface area contributed by atoms with Crippen LogP contribution in [0.25, 0.3) is 0 Å². The predicted octanol–water partition coefficient (Wildman–Crippen LogP) is 0.936. The Kier molecular flexibility index (Phi) is 7.87. The van der Waals surface area contributed by atoms with Gasteiger partial charge in [-0.3, -0.25) is 4.79 Å². The Morgan fingerprint density at radius 2 is 1.60 bits per heavy atom. The zero-order valence-electron chi connectivity index (χ0n) is 14.8. The third-order valence-corrected chi connectivity index (χ3v) is 3.33. The normalized spacial score (nSPS) is 12.6. The number of nitrogens with one attached hydrogen (secondary N) is 1. The Morgan fingerprint density at radius 1 is 1.00 bits per heavy atom. The van der Waals surface area contributed by atoms with E-state index in [0.29, 0.717) is 5.75 Å². The molecule has 1 amide bonds. The molecule has 8 heteroatoms. The summed E-state index contributed by atoms with van der Waals surface area (Å²) in [6.45, 7) is 3.00. The number of carbonyl (C=O) groups excluding carboxylic acids is 3. The quantitative estimate of drug-likeness (QED) is 0.400. The zero-order chi connectivity index (χ0) is 18.9. The third kappa shape index (κ3) is 5.46. The maximum Gasteiger partial charge on any atom is 0.343 e. The Hall–Kier alpha value is -2.61. The second-order valence-electron chi connectivity index (χ2n) is 5.16. The van der Waals surface area contributed by atoms with Gasteiger partial charge >= 0.3 is 11.9 Å². The summed E-state index contributed by atoms with van der Waals surface area (Å²) in [6.07, 6.45) is 0. The first-order valence-corrected chi connectivity index (χ1v) is 7.69. The monoisotopic (exact) mass is 353 g/mol. The summed E-state index contributed by atoms with van der Waals surface area (Å²) in [7, 11) is 2.95. The van der Waals surface area contributed by atoms with Crippen molar-refractivity contribution in [1.82, 2.24) is 5.32 Å². The summed E-state index contributed by atoms with van der Waals surface area (Å²) in [5.41, 5.74) is -1.72. The van der Waals surface area contributed by atoms with Crippen molar-refractivity contribution in [3.8, 4) is 5.75 Å². The van der Waals surface area contributed by atoms with Gasteiger partial charge in [-0.1, -0.05) is 0 Å². The predicted molar refractivity (Wildman–Crippen MR) is 88.3 cm³/mol. The molecule has 138 valence electrons. The summed E-state index contributed by atoms with van der Waals surface area (Å²) in [5.74, 6) is -1.88. The van der Waals surface area contributed by atoms with Crippen molar-refractivity contribution in [2.75, 3.05) is 34.0 Å². The lowest BCUT2D eigenvalue weighted by Crippen LogP contribution is -2.59. The van der Waals surface area contributed by atoms with E-state index in [1.54, 1.807) is 19.1 Å². The molecule has 0 aliphatic rings. The summed E-state index contributed by atoms with van der Waals surface area (Å²) >= 11 is 0. The highest BCUT2D eigenvalue weighted by Gasteiger charge is 2.46. The van der Waals surface area contributed by atoms with Crippen molar-refractivity contribution in [2.45, 2.75) is 19.4 Å². The zero-order valence-corrected chi connectivity index (χ0v) is 14.8. The number of methoxy groups -OCH3 is 2. The van der Waals surface area contributed by atoms with Crippen molar-refractivity contribution in [2.24, 2.45) is 0 Å². The molecule has 1 aromatic rings. The van der Waals surface area contributed by atoms with E-state index in [2.05, 4.69) is 5.32 Å². The molecule has 0 fully saturated rings. The first kappa shape index (κ1) is 20.4. The number of ether oxygens (including phenoxy) is 4. The van der Waals surface area contributed by atoms with Crippen molar-refractivity contribution in [1.29, 1.82) is 0 Å². The van der Waals surface area contributed by atoms with Crippen LogP contribution in [0.15, 0.2) is 24.3 Å². The molecule has 8 nitrogen and oxygen atoms in total. The van der Waals surface area contributed by atoms with Gasteiger partial charge in [-0.05, 0) is 38.1 Å². The standard InChI is InChI=1S/C17H23NO7/c1-5-24-15(20)17(2,16(21)25-11-10-22-3)18-14(19)12-6-8-13(23-4)9-7-12/h6-9H,5,10-11H2,1-4H3,(H,18,19)/t17-/m0/s1. The molecule has 0 aliphatic heterocycles. The fraction of sp³-hybridized carbons (Fsp3) is 0.471. The van der Waals surface area contributed by atoms with Gasteiger partial charge in [0.1, 0.15) is 12.4 Å². The molecule has 1 aromatic carbocycles. The van der Waals surface area contributed by atoms with Gasteiger partial charge in [0.2, 0.25) is 5.54 Å². The van der Waals surface area contributed by atoms with E-state index in [1.807, 2.05) is 0 Å². The summed E-state index contributed by atoms with van der Waals surface area (Å²) < 4.78 is 19.7. The topological polar surface area (TPSA) is 100 Å². The Labute approximate surface area is 146 Å². The Morgan fingerprint density at radius 3 is 2.12 bits per heavy atom. The Balaban J connectivity index is 2.96. The molecule has 25 heavy (non-hydrogen) atoms. The van der Waals surface area contributed by atoms with Gasteiger partial charge in [0.05, 0.1) is 20.3 Å². The van der Waals surface area contributed by atoms with Crippen LogP contribution in [0, 0.1) is 0 Å². The smallest absolute Gasteiger partial charge is 0.343 e. The van der Waals surface area contributed by atoms with Gasteiger partial charge in [-0.15, -0.1) is 0 Å². The lowest BCUT2D eigenvalue weighted by atomic mass is 10.0. The van der Waals surface area contributed by atoms with Crippen LogP contribution in [0.5, 0.6) is 5.75 Å². The maximum atomic E-state index is 12.4. The largest absolute Gasteiger partial charge is 0.497 e. The van der Waals surface area contributed by atoms with Gasteiger partial charge in [-0.2, -0.15) is 0 Å². The highest BCUT2D eigenvalue weighted by molar-refractivity contribution is 6.09. The van der Waals surface area contributed by atoms with Crippen LogP contribution in [-0.2, 0) is 23.8 Å². The number of benzene rings is 1. The number of hydrogen-bond acceptors (Lipinski definition) is 7. The molecule has 0 spiro atoms. The molecule has 0 aromatic heterocycles. The van der Waals surface area contributed by atoms with Crippen LogP contribution in [0.3, 0.4) is 0 Å². The lowest BCUT2D eigenvalue weighted by Gasteiger charge is -2.26. The molecule has 0 saturated carbocycles. The van der Waals surface area contributed by atoms with Crippen LogP contribution in [-0.4, -0.2) is 57.4 Å². The number of hydrogen-bond donors (Lipinski definition) is 1. The summed E-state index contributed by atoms with van der Waals surface area (Å²) in [6, 6.07) is 6.20. The van der Waals surface area contributed by atoms with Crippen molar-refractivity contribution in [3.05, 3.63) is 29.8 Å². The highest BCUT2D eigenvalue weighted by Crippen LogP contribution is 2.15. The van der Waals surface area contributed by atoms with Crippen LogP contribution < -0.4 is 10.1 Å². The minimum Gasteiger partial charge on any atom is -0.497 e. The first-order chi connectivity index (χ1) is 11.9. The fourth-order valence-corrected chi connectivity index (χ4v) is 1.86. The van der Waals surface area contributed by atoms with Crippen molar-refractivity contribution in [3.63, 3.8) is 0 Å². The van der Waals surface area contributed by atoms with Crippen molar-refractivity contribution >= 4 is 17.8 Å². The molecular formula is C17H23NO7. The number of amides is 1. The number of esters is 2. The molecule has 1 rings (SSSR count). The van der Waals surface area contributed by atoms with Gasteiger partial charge in [0.25, 0.3) is 5.91 Å². The summed E-state index contributed by atoms with van der Waals surface area (Å²) in [5, 5.41) is 2.39. The molecule has 0 aliphatic carbocycles.